The van der Waals surface area contributed by atoms with Crippen LogP contribution in [0.4, 0.5) is 11.4 Å². The standard InChI is InChI=1S/C23H27BrN2O3/c1-22(2,3)20(27)25-18-5-4-6-19(15-18)26-21(28)23(11-13-29-14-12-23)16-7-9-17(24)10-8-16/h4-10,15H,11-14H2,1-3H3,(H,25,27)(H,26,28). The molecule has 0 atom stereocenters. The van der Waals surface area contributed by atoms with Crippen molar-refractivity contribution in [2.75, 3.05) is 23.8 Å². The molecular weight excluding hydrogens is 432 g/mol. The Morgan fingerprint density at radius 2 is 1.55 bits per heavy atom. The summed E-state index contributed by atoms with van der Waals surface area (Å²) in [5, 5.41) is 5.97. The number of hydrogen-bond donors (Lipinski definition) is 2. The van der Waals surface area contributed by atoms with Gasteiger partial charge in [-0.1, -0.05) is 54.9 Å². The Morgan fingerprint density at radius 3 is 2.14 bits per heavy atom. The molecule has 1 fully saturated rings. The van der Waals surface area contributed by atoms with E-state index in [9.17, 15) is 9.59 Å². The summed E-state index contributed by atoms with van der Waals surface area (Å²) in [6.45, 7) is 6.68. The highest BCUT2D eigenvalue weighted by Crippen LogP contribution is 2.37. The summed E-state index contributed by atoms with van der Waals surface area (Å²) < 4.78 is 6.51. The zero-order chi connectivity index (χ0) is 21.1. The van der Waals surface area contributed by atoms with Crippen LogP contribution in [-0.2, 0) is 19.7 Å². The first-order valence-corrected chi connectivity index (χ1v) is 10.6. The molecule has 1 aliphatic heterocycles. The highest BCUT2D eigenvalue weighted by Gasteiger charge is 2.41. The molecule has 1 heterocycles. The van der Waals surface area contributed by atoms with E-state index in [1.54, 1.807) is 6.07 Å². The summed E-state index contributed by atoms with van der Waals surface area (Å²) in [7, 11) is 0. The van der Waals surface area contributed by atoms with E-state index in [0.29, 0.717) is 37.4 Å². The summed E-state index contributed by atoms with van der Waals surface area (Å²) in [4.78, 5) is 25.7. The Bertz CT molecular complexity index is 882. The molecule has 2 amide bonds. The van der Waals surface area contributed by atoms with Gasteiger partial charge in [0.25, 0.3) is 0 Å². The van der Waals surface area contributed by atoms with Crippen molar-refractivity contribution in [3.05, 3.63) is 58.6 Å². The SMILES string of the molecule is CC(C)(C)C(=O)Nc1cccc(NC(=O)C2(c3ccc(Br)cc3)CCOCC2)c1. The van der Waals surface area contributed by atoms with E-state index in [-0.39, 0.29) is 11.8 Å². The van der Waals surface area contributed by atoms with Gasteiger partial charge in [0.2, 0.25) is 11.8 Å². The Kier molecular flexibility index (Phi) is 6.44. The minimum Gasteiger partial charge on any atom is -0.381 e. The Morgan fingerprint density at radius 1 is 0.966 bits per heavy atom. The lowest BCUT2D eigenvalue weighted by molar-refractivity contribution is -0.125. The maximum atomic E-state index is 13.4. The molecule has 3 rings (SSSR count). The Balaban J connectivity index is 1.82. The fourth-order valence-corrected chi connectivity index (χ4v) is 3.64. The highest BCUT2D eigenvalue weighted by molar-refractivity contribution is 9.10. The van der Waals surface area contributed by atoms with Crippen LogP contribution in [-0.4, -0.2) is 25.0 Å². The van der Waals surface area contributed by atoms with Crippen molar-refractivity contribution in [2.45, 2.75) is 39.0 Å². The smallest absolute Gasteiger partial charge is 0.235 e. The minimum atomic E-state index is -0.635. The zero-order valence-corrected chi connectivity index (χ0v) is 18.6. The molecule has 0 aromatic heterocycles. The van der Waals surface area contributed by atoms with Crippen molar-refractivity contribution >= 4 is 39.1 Å². The molecule has 0 saturated carbocycles. The first-order chi connectivity index (χ1) is 13.7. The van der Waals surface area contributed by atoms with E-state index in [1.165, 1.54) is 0 Å². The third-order valence-corrected chi connectivity index (χ3v) is 5.77. The normalized spacial score (nSPS) is 16.1. The van der Waals surface area contributed by atoms with Crippen molar-refractivity contribution in [1.29, 1.82) is 0 Å². The first kappa shape index (κ1) is 21.5. The molecular formula is C23H27BrN2O3. The lowest BCUT2D eigenvalue weighted by Gasteiger charge is -2.36. The predicted octanol–water partition coefficient (Wildman–Crippen LogP) is 5.12. The third-order valence-electron chi connectivity index (χ3n) is 5.24. The monoisotopic (exact) mass is 458 g/mol. The van der Waals surface area contributed by atoms with Crippen molar-refractivity contribution < 1.29 is 14.3 Å². The predicted molar refractivity (Wildman–Crippen MR) is 119 cm³/mol. The van der Waals surface area contributed by atoms with Gasteiger partial charge in [-0.05, 0) is 48.7 Å². The van der Waals surface area contributed by atoms with Crippen LogP contribution < -0.4 is 10.6 Å². The van der Waals surface area contributed by atoms with Gasteiger partial charge in [0.05, 0.1) is 5.41 Å². The van der Waals surface area contributed by atoms with E-state index >= 15 is 0 Å². The molecule has 0 aliphatic carbocycles. The zero-order valence-electron chi connectivity index (χ0n) is 17.0. The molecule has 29 heavy (non-hydrogen) atoms. The number of carbonyl (C=O) groups is 2. The van der Waals surface area contributed by atoms with Crippen molar-refractivity contribution in [3.8, 4) is 0 Å². The summed E-state index contributed by atoms with van der Waals surface area (Å²) in [5.41, 5.74) is 1.17. The van der Waals surface area contributed by atoms with Crippen LogP contribution in [0.25, 0.3) is 0 Å². The summed E-state index contributed by atoms with van der Waals surface area (Å²) in [6.07, 6.45) is 1.25. The number of rotatable bonds is 4. The minimum absolute atomic E-state index is 0.0533. The number of anilines is 2. The average molecular weight is 459 g/mol. The molecule has 2 aromatic rings. The lowest BCUT2D eigenvalue weighted by Crippen LogP contribution is -2.44. The van der Waals surface area contributed by atoms with Crippen molar-refractivity contribution in [2.24, 2.45) is 5.41 Å². The second-order valence-corrected chi connectivity index (χ2v) is 9.36. The molecule has 6 heteroatoms. The van der Waals surface area contributed by atoms with Crippen LogP contribution in [0.15, 0.2) is 53.0 Å². The van der Waals surface area contributed by atoms with Crippen LogP contribution in [0.5, 0.6) is 0 Å². The molecule has 0 radical (unpaired) electrons. The van der Waals surface area contributed by atoms with E-state index in [4.69, 9.17) is 4.74 Å². The van der Waals surface area contributed by atoms with E-state index < -0.39 is 10.8 Å². The molecule has 2 aromatic carbocycles. The second kappa shape index (κ2) is 8.67. The van der Waals surface area contributed by atoms with Crippen LogP contribution in [0.1, 0.15) is 39.2 Å². The van der Waals surface area contributed by atoms with Crippen LogP contribution in [0.2, 0.25) is 0 Å². The van der Waals surface area contributed by atoms with Gasteiger partial charge >= 0.3 is 0 Å². The quantitative estimate of drug-likeness (QED) is 0.667. The van der Waals surface area contributed by atoms with Gasteiger partial charge in [-0.25, -0.2) is 0 Å². The van der Waals surface area contributed by atoms with Crippen LogP contribution >= 0.6 is 15.9 Å². The van der Waals surface area contributed by atoms with Crippen molar-refractivity contribution in [3.63, 3.8) is 0 Å². The lowest BCUT2D eigenvalue weighted by atomic mass is 9.73. The van der Waals surface area contributed by atoms with Gasteiger partial charge < -0.3 is 15.4 Å². The van der Waals surface area contributed by atoms with Gasteiger partial charge in [-0.3, -0.25) is 9.59 Å². The van der Waals surface area contributed by atoms with Gasteiger partial charge in [-0.15, -0.1) is 0 Å². The van der Waals surface area contributed by atoms with Gasteiger partial charge in [0.1, 0.15) is 0 Å². The van der Waals surface area contributed by atoms with Gasteiger partial charge in [0.15, 0.2) is 0 Å². The topological polar surface area (TPSA) is 67.4 Å². The number of ether oxygens (including phenoxy) is 1. The van der Waals surface area contributed by atoms with Crippen LogP contribution in [0, 0.1) is 5.41 Å². The molecule has 0 spiro atoms. The first-order valence-electron chi connectivity index (χ1n) is 9.77. The number of benzene rings is 2. The molecule has 5 nitrogen and oxygen atoms in total. The average Bonchev–Trinajstić information content (AvgIpc) is 2.68. The summed E-state index contributed by atoms with van der Waals surface area (Å²) in [6, 6.07) is 15.2. The maximum absolute atomic E-state index is 13.4. The largest absolute Gasteiger partial charge is 0.381 e. The Labute approximate surface area is 180 Å². The fraction of sp³-hybridized carbons (Fsp3) is 0.391. The van der Waals surface area contributed by atoms with Gasteiger partial charge in [0, 0.05) is 34.5 Å². The second-order valence-electron chi connectivity index (χ2n) is 8.44. The van der Waals surface area contributed by atoms with E-state index in [2.05, 4.69) is 26.6 Å². The molecule has 1 saturated heterocycles. The van der Waals surface area contributed by atoms with E-state index in [0.717, 1.165) is 10.0 Å². The summed E-state index contributed by atoms with van der Waals surface area (Å²) >= 11 is 3.46. The highest BCUT2D eigenvalue weighted by atomic mass is 79.9. The van der Waals surface area contributed by atoms with Crippen LogP contribution in [0.3, 0.4) is 0 Å². The molecule has 1 aliphatic rings. The number of amides is 2. The fourth-order valence-electron chi connectivity index (χ4n) is 3.38. The third kappa shape index (κ3) is 5.06. The maximum Gasteiger partial charge on any atom is 0.235 e. The van der Waals surface area contributed by atoms with Crippen molar-refractivity contribution in [1.82, 2.24) is 0 Å². The number of carbonyl (C=O) groups excluding carboxylic acids is 2. The molecule has 154 valence electrons. The molecule has 0 unspecified atom stereocenters. The summed E-state index contributed by atoms with van der Waals surface area (Å²) in [5.74, 6) is -0.126. The van der Waals surface area contributed by atoms with Gasteiger partial charge in [-0.2, -0.15) is 0 Å². The molecule has 0 bridgehead atoms. The molecule has 2 N–H and O–H groups in total. The number of nitrogens with one attached hydrogen (secondary N) is 2. The Hall–Kier alpha value is -2.18. The number of halogens is 1. The van der Waals surface area contributed by atoms with E-state index in [1.807, 2.05) is 63.2 Å². The number of hydrogen-bond acceptors (Lipinski definition) is 3.